The summed E-state index contributed by atoms with van der Waals surface area (Å²) >= 11 is 0. The first kappa shape index (κ1) is 22.8. The van der Waals surface area contributed by atoms with Crippen LogP contribution < -0.4 is 5.32 Å². The van der Waals surface area contributed by atoms with Crippen molar-refractivity contribution in [2.75, 3.05) is 25.0 Å². The molecule has 3 aromatic rings. The Hall–Kier alpha value is -2.37. The number of nitrogens with one attached hydrogen (secondary N) is 2. The second kappa shape index (κ2) is 8.59. The lowest BCUT2D eigenvalue weighted by Gasteiger charge is -2.70. The highest BCUT2D eigenvalue weighted by Crippen LogP contribution is 2.64. The van der Waals surface area contributed by atoms with Crippen LogP contribution in [0.5, 0.6) is 0 Å². The van der Waals surface area contributed by atoms with Crippen molar-refractivity contribution in [2.45, 2.75) is 82.2 Å². The monoisotopic (exact) mass is 486 g/mol. The molecular weight excluding hydrogens is 447 g/mol. The number of rotatable bonds is 7. The highest BCUT2D eigenvalue weighted by Gasteiger charge is 2.63. The van der Waals surface area contributed by atoms with Crippen molar-refractivity contribution in [3.8, 4) is 0 Å². The maximum absolute atomic E-state index is 14.7. The molecule has 2 aliphatic heterocycles. The van der Waals surface area contributed by atoms with Crippen LogP contribution >= 0.6 is 0 Å². The van der Waals surface area contributed by atoms with Crippen LogP contribution in [0.2, 0.25) is 0 Å². The fourth-order valence-electron chi connectivity index (χ4n) is 7.80. The number of hydrogen-bond acceptors (Lipinski definition) is 3. The predicted molar refractivity (Wildman–Crippen MR) is 145 cm³/mol. The van der Waals surface area contributed by atoms with Gasteiger partial charge in [0, 0.05) is 47.0 Å². The highest BCUT2D eigenvalue weighted by molar-refractivity contribution is 5.85. The van der Waals surface area contributed by atoms with Crippen LogP contribution in [0.4, 0.5) is 10.1 Å². The number of nitrogens with zero attached hydrogens (tertiary/aromatic N) is 2. The van der Waals surface area contributed by atoms with Crippen molar-refractivity contribution in [1.82, 2.24) is 14.8 Å². The minimum Gasteiger partial charge on any atom is -0.378 e. The SMILES string of the molecule is CCCCN1C[C@H](F)[C@H](Nc2ccc([C@@H]3c4[nH]c5ccccc5c4C[C@@H](C)N3C34CC(C3)C4)cc2)C1. The Morgan fingerprint density at radius 1 is 1.06 bits per heavy atom. The first-order valence-electron chi connectivity index (χ1n) is 14.2. The van der Waals surface area contributed by atoms with Gasteiger partial charge in [-0.1, -0.05) is 43.7 Å². The van der Waals surface area contributed by atoms with E-state index in [1.54, 1.807) is 0 Å². The summed E-state index contributed by atoms with van der Waals surface area (Å²) < 4.78 is 14.7. The summed E-state index contributed by atoms with van der Waals surface area (Å²) in [6.45, 7) is 6.97. The number of anilines is 1. The second-order valence-corrected chi connectivity index (χ2v) is 12.1. The third-order valence-electron chi connectivity index (χ3n) is 9.66. The smallest absolute Gasteiger partial charge is 0.134 e. The molecule has 4 atom stereocenters. The van der Waals surface area contributed by atoms with Crippen LogP contribution in [0.15, 0.2) is 48.5 Å². The summed E-state index contributed by atoms with van der Waals surface area (Å²) in [6.07, 6.45) is 6.67. The zero-order valence-electron chi connectivity index (χ0n) is 21.6. The fourth-order valence-corrected chi connectivity index (χ4v) is 7.80. The molecule has 0 radical (unpaired) electrons. The molecule has 190 valence electrons. The number of likely N-dealkylation sites (tertiary alicyclic amines) is 1. The largest absolute Gasteiger partial charge is 0.378 e. The van der Waals surface area contributed by atoms with Gasteiger partial charge in [-0.05, 0) is 80.8 Å². The van der Waals surface area contributed by atoms with E-state index in [1.807, 2.05) is 0 Å². The molecule has 36 heavy (non-hydrogen) atoms. The quantitative estimate of drug-likeness (QED) is 0.412. The number of para-hydroxylation sites is 1. The molecule has 5 heteroatoms. The molecule has 2 aromatic carbocycles. The van der Waals surface area contributed by atoms with Crippen molar-refractivity contribution >= 4 is 16.6 Å². The van der Waals surface area contributed by atoms with E-state index in [-0.39, 0.29) is 12.1 Å². The number of benzene rings is 2. The standard InChI is InChI=1S/C31H39FN4/c1-3-4-13-35-18-26(32)28(19-35)33-23-11-9-22(10-12-23)30-29-25(24-7-5-6-8-27(24)34-29)14-20(2)36(30)31-15-21(16-31)17-31/h5-12,20-21,26,28,30,33-34H,3-4,13-19H2,1-2H3/t20-,21?,26+,28-,30-,31?/m1/s1. The van der Waals surface area contributed by atoms with E-state index in [4.69, 9.17) is 0 Å². The average Bonchev–Trinajstić information content (AvgIpc) is 3.36. The van der Waals surface area contributed by atoms with Crippen molar-refractivity contribution in [3.05, 3.63) is 65.4 Å². The number of hydrogen-bond donors (Lipinski definition) is 2. The van der Waals surface area contributed by atoms with E-state index >= 15 is 0 Å². The average molecular weight is 487 g/mol. The maximum atomic E-state index is 14.7. The fraction of sp³-hybridized carbons (Fsp3) is 0.548. The van der Waals surface area contributed by atoms with Crippen molar-refractivity contribution in [2.24, 2.45) is 5.92 Å². The van der Waals surface area contributed by atoms with E-state index in [9.17, 15) is 4.39 Å². The molecule has 4 fully saturated rings. The minimum atomic E-state index is -0.811. The van der Waals surface area contributed by atoms with Crippen molar-refractivity contribution < 1.29 is 4.39 Å². The van der Waals surface area contributed by atoms with Crippen LogP contribution in [0.3, 0.4) is 0 Å². The van der Waals surface area contributed by atoms with E-state index in [0.29, 0.717) is 18.1 Å². The number of halogens is 1. The Bertz CT molecular complexity index is 1230. The van der Waals surface area contributed by atoms with Crippen LogP contribution in [-0.2, 0) is 6.42 Å². The molecule has 1 aromatic heterocycles. The van der Waals surface area contributed by atoms with Gasteiger partial charge in [-0.2, -0.15) is 0 Å². The third kappa shape index (κ3) is 3.53. The van der Waals surface area contributed by atoms with E-state index in [2.05, 4.69) is 82.5 Å². The summed E-state index contributed by atoms with van der Waals surface area (Å²) in [5.74, 6) is 0.950. The van der Waals surface area contributed by atoms with E-state index in [0.717, 1.165) is 44.0 Å². The molecule has 4 nitrogen and oxygen atoms in total. The number of alkyl halides is 1. The maximum Gasteiger partial charge on any atom is 0.134 e. The molecule has 2 N–H and O–H groups in total. The zero-order chi connectivity index (χ0) is 24.4. The molecule has 3 heterocycles. The Morgan fingerprint density at radius 2 is 1.83 bits per heavy atom. The Kier molecular flexibility index (Phi) is 5.44. The number of unbranched alkanes of at least 4 members (excludes halogenated alkanes) is 1. The number of aromatic amines is 1. The van der Waals surface area contributed by atoms with Crippen molar-refractivity contribution in [1.29, 1.82) is 0 Å². The zero-order valence-corrected chi connectivity index (χ0v) is 21.6. The summed E-state index contributed by atoms with van der Waals surface area (Å²) in [6, 6.07) is 18.4. The summed E-state index contributed by atoms with van der Waals surface area (Å²) in [7, 11) is 0. The van der Waals surface area contributed by atoms with Gasteiger partial charge in [-0.25, -0.2) is 4.39 Å². The van der Waals surface area contributed by atoms with Gasteiger partial charge in [0.05, 0.1) is 12.1 Å². The molecule has 0 unspecified atom stereocenters. The minimum absolute atomic E-state index is 0.125. The van der Waals surface area contributed by atoms with Gasteiger partial charge < -0.3 is 10.3 Å². The van der Waals surface area contributed by atoms with Gasteiger partial charge in [0.15, 0.2) is 0 Å². The third-order valence-corrected chi connectivity index (χ3v) is 9.66. The Balaban J connectivity index is 1.18. The van der Waals surface area contributed by atoms with Crippen LogP contribution in [0.1, 0.15) is 68.8 Å². The number of H-pyrrole nitrogens is 1. The van der Waals surface area contributed by atoms with E-state index < -0.39 is 6.17 Å². The molecular formula is C31H39FN4. The summed E-state index contributed by atoms with van der Waals surface area (Å²) in [5, 5.41) is 4.89. The molecule has 0 amide bonds. The lowest BCUT2D eigenvalue weighted by molar-refractivity contribution is -0.174. The molecule has 0 spiro atoms. The van der Waals surface area contributed by atoms with Crippen molar-refractivity contribution in [3.63, 3.8) is 0 Å². The molecule has 3 aliphatic carbocycles. The number of aromatic nitrogens is 1. The first-order chi connectivity index (χ1) is 17.5. The number of fused-ring (bicyclic) bond motifs is 3. The van der Waals surface area contributed by atoms with E-state index in [1.165, 1.54) is 47.0 Å². The Labute approximate surface area is 214 Å². The lowest BCUT2D eigenvalue weighted by atomic mass is 9.48. The van der Waals surface area contributed by atoms with Crippen LogP contribution in [0.25, 0.3) is 10.9 Å². The first-order valence-corrected chi connectivity index (χ1v) is 14.2. The lowest BCUT2D eigenvalue weighted by Crippen LogP contribution is -2.71. The molecule has 3 saturated carbocycles. The molecule has 2 bridgehead atoms. The topological polar surface area (TPSA) is 34.3 Å². The van der Waals surface area contributed by atoms with Gasteiger partial charge in [0.1, 0.15) is 6.17 Å². The van der Waals surface area contributed by atoms with Gasteiger partial charge in [0.25, 0.3) is 0 Å². The highest BCUT2D eigenvalue weighted by atomic mass is 19.1. The predicted octanol–water partition coefficient (Wildman–Crippen LogP) is 6.29. The van der Waals surface area contributed by atoms with Gasteiger partial charge in [0.2, 0.25) is 0 Å². The van der Waals surface area contributed by atoms with Gasteiger partial charge in [-0.15, -0.1) is 0 Å². The normalized spacial score (nSPS) is 33.8. The van der Waals surface area contributed by atoms with Gasteiger partial charge >= 0.3 is 0 Å². The molecule has 8 rings (SSSR count). The molecule has 1 saturated heterocycles. The molecule has 5 aliphatic rings. The second-order valence-electron chi connectivity index (χ2n) is 12.1. The Morgan fingerprint density at radius 3 is 2.56 bits per heavy atom. The van der Waals surface area contributed by atoms with Crippen LogP contribution in [-0.4, -0.2) is 58.2 Å². The van der Waals surface area contributed by atoms with Crippen LogP contribution in [0, 0.1) is 5.92 Å². The summed E-state index contributed by atoms with van der Waals surface area (Å²) in [5.41, 5.74) is 6.88. The summed E-state index contributed by atoms with van der Waals surface area (Å²) in [4.78, 5) is 8.96. The van der Waals surface area contributed by atoms with Gasteiger partial charge in [-0.3, -0.25) is 9.80 Å².